The van der Waals surface area contributed by atoms with Crippen LogP contribution in [-0.2, 0) is 9.59 Å². The molecule has 1 aliphatic heterocycles. The predicted octanol–water partition coefficient (Wildman–Crippen LogP) is 1.46. The lowest BCUT2D eigenvalue weighted by molar-refractivity contribution is -0.124. The largest absolute Gasteiger partial charge is 0.355 e. The maximum Gasteiger partial charge on any atom is 0.228 e. The molecular formula is C16H23N3O2. The van der Waals surface area contributed by atoms with Gasteiger partial charge in [-0.05, 0) is 11.6 Å². The summed E-state index contributed by atoms with van der Waals surface area (Å²) in [7, 11) is 1.81. The van der Waals surface area contributed by atoms with Crippen molar-refractivity contribution in [3.8, 4) is 0 Å². The number of nitrogens with one attached hydrogen (secondary N) is 2. The first-order valence-electron chi connectivity index (χ1n) is 7.37. The van der Waals surface area contributed by atoms with Crippen LogP contribution >= 0.6 is 0 Å². The Labute approximate surface area is 125 Å². The van der Waals surface area contributed by atoms with Gasteiger partial charge >= 0.3 is 0 Å². The van der Waals surface area contributed by atoms with E-state index in [1.807, 2.05) is 38.1 Å². The monoisotopic (exact) mass is 289 g/mol. The molecule has 114 valence electrons. The summed E-state index contributed by atoms with van der Waals surface area (Å²) in [4.78, 5) is 25.2. The van der Waals surface area contributed by atoms with E-state index < -0.39 is 0 Å². The number of amides is 2. The lowest BCUT2D eigenvalue weighted by Crippen LogP contribution is -2.40. The van der Waals surface area contributed by atoms with Gasteiger partial charge in [0.2, 0.25) is 11.8 Å². The molecule has 1 unspecified atom stereocenters. The highest BCUT2D eigenvalue weighted by atomic mass is 16.2. The smallest absolute Gasteiger partial charge is 0.228 e. The highest BCUT2D eigenvalue weighted by Crippen LogP contribution is 2.33. The molecule has 5 nitrogen and oxygen atoms in total. The minimum Gasteiger partial charge on any atom is -0.355 e. The Morgan fingerprint density at radius 1 is 1.33 bits per heavy atom. The van der Waals surface area contributed by atoms with Gasteiger partial charge in [-0.1, -0.05) is 32.0 Å². The highest BCUT2D eigenvalue weighted by molar-refractivity contribution is 5.96. The van der Waals surface area contributed by atoms with Gasteiger partial charge in [-0.3, -0.25) is 9.59 Å². The SMILES string of the molecule is CC(C)C(=O)NCCNC1CC(=O)N(C)c2ccccc21. The molecular weight excluding hydrogens is 266 g/mol. The van der Waals surface area contributed by atoms with Crippen molar-refractivity contribution < 1.29 is 9.59 Å². The lowest BCUT2D eigenvalue weighted by Gasteiger charge is -2.32. The Morgan fingerprint density at radius 3 is 2.76 bits per heavy atom. The third kappa shape index (κ3) is 3.61. The predicted molar refractivity (Wildman–Crippen MR) is 83.1 cm³/mol. The zero-order valence-corrected chi connectivity index (χ0v) is 12.8. The number of hydrogen-bond donors (Lipinski definition) is 2. The Kier molecular flexibility index (Phi) is 4.96. The minimum atomic E-state index is -0.00404. The van der Waals surface area contributed by atoms with Gasteiger partial charge in [0.1, 0.15) is 0 Å². The second-order valence-electron chi connectivity index (χ2n) is 5.67. The van der Waals surface area contributed by atoms with Crippen LogP contribution < -0.4 is 15.5 Å². The molecule has 1 aromatic rings. The summed E-state index contributed by atoms with van der Waals surface area (Å²) in [6.45, 7) is 4.96. The molecule has 2 N–H and O–H groups in total. The summed E-state index contributed by atoms with van der Waals surface area (Å²) in [5.41, 5.74) is 2.09. The molecule has 0 saturated carbocycles. The number of nitrogens with zero attached hydrogens (tertiary/aromatic N) is 1. The number of fused-ring (bicyclic) bond motifs is 1. The van der Waals surface area contributed by atoms with E-state index in [0.717, 1.165) is 11.3 Å². The molecule has 1 heterocycles. The topological polar surface area (TPSA) is 61.4 Å². The highest BCUT2D eigenvalue weighted by Gasteiger charge is 2.28. The fourth-order valence-corrected chi connectivity index (χ4v) is 2.46. The van der Waals surface area contributed by atoms with Gasteiger partial charge < -0.3 is 15.5 Å². The summed E-state index contributed by atoms with van der Waals surface area (Å²) in [5, 5.41) is 6.23. The van der Waals surface area contributed by atoms with E-state index in [4.69, 9.17) is 0 Å². The molecule has 5 heteroatoms. The van der Waals surface area contributed by atoms with Crippen LogP contribution in [0.2, 0.25) is 0 Å². The Bertz CT molecular complexity index is 528. The average molecular weight is 289 g/mol. The Morgan fingerprint density at radius 2 is 2.05 bits per heavy atom. The van der Waals surface area contributed by atoms with Gasteiger partial charge in [0.25, 0.3) is 0 Å². The van der Waals surface area contributed by atoms with E-state index in [2.05, 4.69) is 10.6 Å². The number of carbonyl (C=O) groups excluding carboxylic acids is 2. The maximum absolute atomic E-state index is 12.0. The molecule has 1 aliphatic rings. The van der Waals surface area contributed by atoms with E-state index in [-0.39, 0.29) is 23.8 Å². The number of benzene rings is 1. The number of rotatable bonds is 5. The quantitative estimate of drug-likeness (QED) is 0.807. The average Bonchev–Trinajstić information content (AvgIpc) is 2.48. The molecule has 0 fully saturated rings. The zero-order chi connectivity index (χ0) is 15.4. The molecule has 0 aromatic heterocycles. The van der Waals surface area contributed by atoms with Gasteiger partial charge in [-0.15, -0.1) is 0 Å². The molecule has 21 heavy (non-hydrogen) atoms. The van der Waals surface area contributed by atoms with Crippen LogP contribution in [0, 0.1) is 5.92 Å². The fourth-order valence-electron chi connectivity index (χ4n) is 2.46. The molecule has 0 spiro atoms. The molecule has 0 bridgehead atoms. The van der Waals surface area contributed by atoms with Crippen molar-refractivity contribution >= 4 is 17.5 Å². The van der Waals surface area contributed by atoms with Crippen molar-refractivity contribution in [2.75, 3.05) is 25.0 Å². The number of carbonyl (C=O) groups is 2. The first kappa shape index (κ1) is 15.5. The van der Waals surface area contributed by atoms with Crippen molar-refractivity contribution in [3.63, 3.8) is 0 Å². The van der Waals surface area contributed by atoms with Crippen molar-refractivity contribution in [2.45, 2.75) is 26.3 Å². The number of hydrogen-bond acceptors (Lipinski definition) is 3. The number of para-hydroxylation sites is 1. The van der Waals surface area contributed by atoms with Crippen LogP contribution in [0.1, 0.15) is 31.9 Å². The van der Waals surface area contributed by atoms with E-state index in [9.17, 15) is 9.59 Å². The second-order valence-corrected chi connectivity index (χ2v) is 5.67. The van der Waals surface area contributed by atoms with E-state index >= 15 is 0 Å². The summed E-state index contributed by atoms with van der Waals surface area (Å²) >= 11 is 0. The van der Waals surface area contributed by atoms with Crippen LogP contribution in [-0.4, -0.2) is 32.0 Å². The van der Waals surface area contributed by atoms with Crippen molar-refractivity contribution in [3.05, 3.63) is 29.8 Å². The Balaban J connectivity index is 1.94. The third-order valence-electron chi connectivity index (χ3n) is 3.77. The second kappa shape index (κ2) is 6.72. The van der Waals surface area contributed by atoms with Crippen molar-refractivity contribution in [1.82, 2.24) is 10.6 Å². The van der Waals surface area contributed by atoms with Gasteiger partial charge in [-0.2, -0.15) is 0 Å². The first-order chi connectivity index (χ1) is 10.0. The zero-order valence-electron chi connectivity index (χ0n) is 12.8. The molecule has 0 saturated heterocycles. The third-order valence-corrected chi connectivity index (χ3v) is 3.77. The minimum absolute atomic E-state index is 0.00404. The van der Waals surface area contributed by atoms with Crippen molar-refractivity contribution in [1.29, 1.82) is 0 Å². The standard InChI is InChI=1S/C16H23N3O2/c1-11(2)16(21)18-9-8-17-13-10-15(20)19(3)14-7-5-4-6-12(13)14/h4-7,11,13,17H,8-10H2,1-3H3,(H,18,21). The van der Waals surface area contributed by atoms with Gasteiger partial charge in [-0.25, -0.2) is 0 Å². The lowest BCUT2D eigenvalue weighted by atomic mass is 9.96. The Hall–Kier alpha value is -1.88. The molecule has 1 atom stereocenters. The van der Waals surface area contributed by atoms with E-state index in [1.165, 1.54) is 0 Å². The first-order valence-corrected chi connectivity index (χ1v) is 7.37. The molecule has 2 amide bonds. The molecule has 0 radical (unpaired) electrons. The molecule has 0 aliphatic carbocycles. The summed E-state index contributed by atoms with van der Waals surface area (Å²) in [6, 6.07) is 7.94. The van der Waals surface area contributed by atoms with Gasteiger partial charge in [0.05, 0.1) is 0 Å². The van der Waals surface area contributed by atoms with Crippen LogP contribution in [0.25, 0.3) is 0 Å². The summed E-state index contributed by atoms with van der Waals surface area (Å²) < 4.78 is 0. The summed E-state index contributed by atoms with van der Waals surface area (Å²) in [5.74, 6) is 0.157. The van der Waals surface area contributed by atoms with E-state index in [0.29, 0.717) is 19.5 Å². The maximum atomic E-state index is 12.0. The molecule has 2 rings (SSSR count). The fraction of sp³-hybridized carbons (Fsp3) is 0.500. The van der Waals surface area contributed by atoms with Crippen LogP contribution in [0.5, 0.6) is 0 Å². The van der Waals surface area contributed by atoms with Crippen LogP contribution in [0.4, 0.5) is 5.69 Å². The number of anilines is 1. The van der Waals surface area contributed by atoms with Crippen molar-refractivity contribution in [2.24, 2.45) is 5.92 Å². The van der Waals surface area contributed by atoms with Crippen LogP contribution in [0.3, 0.4) is 0 Å². The van der Waals surface area contributed by atoms with Gasteiger partial charge in [0.15, 0.2) is 0 Å². The van der Waals surface area contributed by atoms with E-state index in [1.54, 1.807) is 11.9 Å². The van der Waals surface area contributed by atoms with Crippen LogP contribution in [0.15, 0.2) is 24.3 Å². The van der Waals surface area contributed by atoms with Gasteiger partial charge in [0, 0.05) is 44.2 Å². The summed E-state index contributed by atoms with van der Waals surface area (Å²) in [6.07, 6.45) is 0.450. The normalized spacial score (nSPS) is 17.8. The molecule has 1 aromatic carbocycles.